The van der Waals surface area contributed by atoms with Crippen LogP contribution >= 0.6 is 15.9 Å². The fraction of sp³-hybridized carbons (Fsp3) is 0.273. The number of benzene rings is 1. The maximum absolute atomic E-state index is 13.6. The molecule has 0 aliphatic rings. The van der Waals surface area contributed by atoms with Gasteiger partial charge in [0, 0.05) is 17.4 Å². The highest BCUT2D eigenvalue weighted by Gasteiger charge is 2.12. The molecule has 1 N–H and O–H groups in total. The van der Waals surface area contributed by atoms with Gasteiger partial charge in [-0.2, -0.15) is 0 Å². The van der Waals surface area contributed by atoms with Gasteiger partial charge in [0.1, 0.15) is 5.82 Å². The molecule has 1 aromatic heterocycles. The van der Waals surface area contributed by atoms with Gasteiger partial charge in [-0.1, -0.05) is 15.9 Å². The van der Waals surface area contributed by atoms with Crippen LogP contribution in [0.4, 0.5) is 4.39 Å². The molecule has 90 valence electrons. The van der Waals surface area contributed by atoms with Gasteiger partial charge in [-0.25, -0.2) is 4.39 Å². The van der Waals surface area contributed by atoms with E-state index in [9.17, 15) is 4.39 Å². The van der Waals surface area contributed by atoms with Gasteiger partial charge in [0.15, 0.2) is 0 Å². The number of likely N-dealkylation sites (N-methyl/N-ethyl adjacent to an activating group) is 1. The molecule has 17 heavy (non-hydrogen) atoms. The van der Waals surface area contributed by atoms with Gasteiger partial charge in [0.25, 0.3) is 5.89 Å². The van der Waals surface area contributed by atoms with Gasteiger partial charge < -0.3 is 9.73 Å². The summed E-state index contributed by atoms with van der Waals surface area (Å²) in [6.07, 6.45) is 0.627. The monoisotopic (exact) mass is 299 g/mol. The van der Waals surface area contributed by atoms with Crippen molar-refractivity contribution in [2.24, 2.45) is 0 Å². The van der Waals surface area contributed by atoms with Crippen molar-refractivity contribution in [3.8, 4) is 11.5 Å². The molecular weight excluding hydrogens is 289 g/mol. The summed E-state index contributed by atoms with van der Waals surface area (Å²) in [4.78, 5) is 0. The maximum atomic E-state index is 13.6. The van der Waals surface area contributed by atoms with Crippen molar-refractivity contribution in [1.29, 1.82) is 0 Å². The molecule has 0 fully saturated rings. The number of hydrogen-bond donors (Lipinski definition) is 1. The van der Waals surface area contributed by atoms with E-state index in [2.05, 4.69) is 31.4 Å². The lowest BCUT2D eigenvalue weighted by atomic mass is 10.2. The SMILES string of the molecule is CNCCc1nnc(-c2ccc(Br)cc2F)o1. The van der Waals surface area contributed by atoms with Crippen LogP contribution in [0.1, 0.15) is 5.89 Å². The fourth-order valence-electron chi connectivity index (χ4n) is 1.36. The summed E-state index contributed by atoms with van der Waals surface area (Å²) in [7, 11) is 1.84. The second-order valence-electron chi connectivity index (χ2n) is 3.48. The first kappa shape index (κ1) is 12.2. The number of aromatic nitrogens is 2. The normalized spacial score (nSPS) is 10.8. The molecule has 1 heterocycles. The maximum Gasteiger partial charge on any atom is 0.250 e. The Morgan fingerprint density at radius 2 is 2.24 bits per heavy atom. The van der Waals surface area contributed by atoms with E-state index in [4.69, 9.17) is 4.42 Å². The van der Waals surface area contributed by atoms with Crippen LogP contribution < -0.4 is 5.32 Å². The average Bonchev–Trinajstić information content (AvgIpc) is 2.75. The highest BCUT2D eigenvalue weighted by Crippen LogP contribution is 2.24. The Morgan fingerprint density at radius 1 is 1.41 bits per heavy atom. The van der Waals surface area contributed by atoms with Gasteiger partial charge in [0.2, 0.25) is 5.89 Å². The predicted molar refractivity (Wildman–Crippen MR) is 65.0 cm³/mol. The van der Waals surface area contributed by atoms with Gasteiger partial charge in [-0.05, 0) is 25.2 Å². The summed E-state index contributed by atoms with van der Waals surface area (Å²) in [5.74, 6) is 0.320. The summed E-state index contributed by atoms with van der Waals surface area (Å²) >= 11 is 3.19. The van der Waals surface area contributed by atoms with E-state index in [1.54, 1.807) is 12.1 Å². The van der Waals surface area contributed by atoms with Crippen LogP contribution in [0.25, 0.3) is 11.5 Å². The lowest BCUT2D eigenvalue weighted by Gasteiger charge is -1.98. The van der Waals surface area contributed by atoms with E-state index < -0.39 is 0 Å². The molecule has 2 rings (SSSR count). The van der Waals surface area contributed by atoms with Gasteiger partial charge in [-0.15, -0.1) is 10.2 Å². The van der Waals surface area contributed by atoms with Crippen molar-refractivity contribution in [3.63, 3.8) is 0 Å². The highest BCUT2D eigenvalue weighted by atomic mass is 79.9. The Hall–Kier alpha value is -1.27. The van der Waals surface area contributed by atoms with Crippen LogP contribution in [0, 0.1) is 5.82 Å². The van der Waals surface area contributed by atoms with Crippen molar-refractivity contribution >= 4 is 15.9 Å². The molecule has 0 saturated heterocycles. The summed E-state index contributed by atoms with van der Waals surface area (Å²) in [5, 5.41) is 10.7. The second-order valence-corrected chi connectivity index (χ2v) is 4.39. The zero-order valence-electron chi connectivity index (χ0n) is 9.20. The van der Waals surface area contributed by atoms with E-state index in [1.807, 2.05) is 7.05 Å². The first-order valence-corrected chi connectivity index (χ1v) is 5.92. The molecule has 0 aliphatic heterocycles. The zero-order chi connectivity index (χ0) is 12.3. The third-order valence-corrected chi connectivity index (χ3v) is 2.71. The molecule has 6 heteroatoms. The van der Waals surface area contributed by atoms with Crippen LogP contribution in [0.5, 0.6) is 0 Å². The van der Waals surface area contributed by atoms with Crippen molar-refractivity contribution in [2.45, 2.75) is 6.42 Å². The minimum atomic E-state index is -0.386. The Morgan fingerprint density at radius 3 is 2.94 bits per heavy atom. The molecule has 2 aromatic rings. The van der Waals surface area contributed by atoms with Crippen LogP contribution in [-0.4, -0.2) is 23.8 Å². The quantitative estimate of drug-likeness (QED) is 0.942. The van der Waals surface area contributed by atoms with Crippen molar-refractivity contribution in [3.05, 3.63) is 34.4 Å². The molecule has 0 spiro atoms. The third kappa shape index (κ3) is 2.89. The summed E-state index contributed by atoms with van der Waals surface area (Å²) < 4.78 is 19.7. The van der Waals surface area contributed by atoms with Crippen molar-refractivity contribution in [2.75, 3.05) is 13.6 Å². The van der Waals surface area contributed by atoms with Crippen LogP contribution in [0.2, 0.25) is 0 Å². The van der Waals surface area contributed by atoms with Crippen molar-refractivity contribution < 1.29 is 8.81 Å². The molecule has 4 nitrogen and oxygen atoms in total. The van der Waals surface area contributed by atoms with Gasteiger partial charge in [0.05, 0.1) is 5.56 Å². The number of halogens is 2. The smallest absolute Gasteiger partial charge is 0.250 e. The fourth-order valence-corrected chi connectivity index (χ4v) is 1.69. The van der Waals surface area contributed by atoms with E-state index in [1.165, 1.54) is 6.07 Å². The van der Waals surface area contributed by atoms with Crippen LogP contribution in [0.3, 0.4) is 0 Å². The molecule has 0 aliphatic carbocycles. The Bertz CT molecular complexity index is 515. The van der Waals surface area contributed by atoms with E-state index in [-0.39, 0.29) is 11.7 Å². The largest absolute Gasteiger partial charge is 0.421 e. The number of nitrogens with one attached hydrogen (secondary N) is 1. The lowest BCUT2D eigenvalue weighted by molar-refractivity contribution is 0.496. The van der Waals surface area contributed by atoms with Crippen LogP contribution in [-0.2, 0) is 6.42 Å². The number of nitrogens with zero attached hydrogens (tertiary/aromatic N) is 2. The molecular formula is C11H11BrFN3O. The summed E-state index contributed by atoms with van der Waals surface area (Å²) in [6.45, 7) is 0.741. The van der Waals surface area contributed by atoms with Gasteiger partial charge >= 0.3 is 0 Å². The summed E-state index contributed by atoms with van der Waals surface area (Å²) in [6, 6.07) is 4.71. The standard InChI is InChI=1S/C11H11BrFN3O/c1-14-5-4-10-15-16-11(17-10)8-3-2-7(12)6-9(8)13/h2-3,6,14H,4-5H2,1H3. The van der Waals surface area contributed by atoms with Crippen molar-refractivity contribution in [1.82, 2.24) is 15.5 Å². The Labute approximate surface area is 106 Å². The number of rotatable bonds is 4. The molecule has 0 radical (unpaired) electrons. The molecule has 1 aromatic carbocycles. The third-order valence-electron chi connectivity index (χ3n) is 2.22. The van der Waals surface area contributed by atoms with E-state index in [0.29, 0.717) is 22.3 Å². The zero-order valence-corrected chi connectivity index (χ0v) is 10.8. The second kappa shape index (κ2) is 5.37. The minimum absolute atomic E-state index is 0.209. The number of hydrogen-bond acceptors (Lipinski definition) is 4. The molecule has 0 saturated carbocycles. The summed E-state index contributed by atoms with van der Waals surface area (Å²) in [5.41, 5.74) is 0.316. The molecule has 0 bridgehead atoms. The van der Waals surface area contributed by atoms with Crippen LogP contribution in [0.15, 0.2) is 27.1 Å². The Balaban J connectivity index is 2.24. The van der Waals surface area contributed by atoms with E-state index >= 15 is 0 Å². The predicted octanol–water partition coefficient (Wildman–Crippen LogP) is 2.40. The molecule has 0 unspecified atom stereocenters. The minimum Gasteiger partial charge on any atom is -0.421 e. The first-order valence-electron chi connectivity index (χ1n) is 5.13. The highest BCUT2D eigenvalue weighted by molar-refractivity contribution is 9.10. The Kier molecular flexibility index (Phi) is 3.86. The first-order chi connectivity index (χ1) is 8.20. The molecule has 0 atom stereocenters. The average molecular weight is 300 g/mol. The van der Waals surface area contributed by atoms with E-state index in [0.717, 1.165) is 6.54 Å². The lowest BCUT2D eigenvalue weighted by Crippen LogP contribution is -2.10. The molecule has 0 amide bonds. The van der Waals surface area contributed by atoms with Gasteiger partial charge in [-0.3, -0.25) is 0 Å². The topological polar surface area (TPSA) is 51.0 Å².